The summed E-state index contributed by atoms with van der Waals surface area (Å²) in [5.74, 6) is 2.67. The molecule has 0 radical (unpaired) electrons. The van der Waals surface area contributed by atoms with E-state index >= 15 is 0 Å². The van der Waals surface area contributed by atoms with Crippen molar-refractivity contribution in [3.63, 3.8) is 0 Å². The van der Waals surface area contributed by atoms with Crippen molar-refractivity contribution in [2.75, 3.05) is 11.9 Å². The SMILES string of the molecule is Cc1cc(NCC(C2CC2)C2CC2)ccc1[N+](=O)[O-]. The van der Waals surface area contributed by atoms with Gasteiger partial charge in [-0.1, -0.05) is 0 Å². The largest absolute Gasteiger partial charge is 0.385 e. The molecule has 102 valence electrons. The van der Waals surface area contributed by atoms with E-state index < -0.39 is 0 Å². The zero-order chi connectivity index (χ0) is 13.4. The molecule has 1 aromatic carbocycles. The molecule has 3 rings (SSSR count). The summed E-state index contributed by atoms with van der Waals surface area (Å²) < 4.78 is 0. The molecule has 4 heteroatoms. The Balaban J connectivity index is 1.63. The van der Waals surface area contributed by atoms with Crippen LogP contribution >= 0.6 is 0 Å². The van der Waals surface area contributed by atoms with E-state index in [1.807, 2.05) is 12.1 Å². The molecular weight excluding hydrogens is 240 g/mol. The van der Waals surface area contributed by atoms with Crippen molar-refractivity contribution in [1.29, 1.82) is 0 Å². The summed E-state index contributed by atoms with van der Waals surface area (Å²) in [6, 6.07) is 5.30. The summed E-state index contributed by atoms with van der Waals surface area (Å²) >= 11 is 0. The molecule has 2 saturated carbocycles. The van der Waals surface area contributed by atoms with Crippen molar-refractivity contribution in [2.45, 2.75) is 32.6 Å². The third-order valence-corrected chi connectivity index (χ3v) is 4.39. The Morgan fingerprint density at radius 3 is 2.42 bits per heavy atom. The normalized spacial score (nSPS) is 18.6. The number of hydrogen-bond donors (Lipinski definition) is 1. The van der Waals surface area contributed by atoms with Gasteiger partial charge in [-0.25, -0.2) is 0 Å². The lowest BCUT2D eigenvalue weighted by Gasteiger charge is -2.17. The molecule has 2 aliphatic carbocycles. The van der Waals surface area contributed by atoms with E-state index in [1.54, 1.807) is 13.0 Å². The van der Waals surface area contributed by atoms with Crippen LogP contribution in [0.5, 0.6) is 0 Å². The second-order valence-corrected chi connectivity index (χ2v) is 5.98. The first-order valence-electron chi connectivity index (χ1n) is 7.14. The number of nitrogens with one attached hydrogen (secondary N) is 1. The predicted molar refractivity (Wildman–Crippen MR) is 75.3 cm³/mol. The summed E-state index contributed by atoms with van der Waals surface area (Å²) in [5, 5.41) is 14.3. The lowest BCUT2D eigenvalue weighted by Crippen LogP contribution is -2.18. The fraction of sp³-hybridized carbons (Fsp3) is 0.600. The highest BCUT2D eigenvalue weighted by Crippen LogP contribution is 2.49. The quantitative estimate of drug-likeness (QED) is 0.626. The standard InChI is InChI=1S/C15H20N2O2/c1-10-8-13(6-7-15(10)17(18)19)16-9-14(11-2-3-11)12-4-5-12/h6-8,11-12,14,16H,2-5,9H2,1H3. The minimum absolute atomic E-state index is 0.200. The van der Waals surface area contributed by atoms with Gasteiger partial charge >= 0.3 is 0 Å². The van der Waals surface area contributed by atoms with Gasteiger partial charge in [0.1, 0.15) is 0 Å². The van der Waals surface area contributed by atoms with E-state index in [1.165, 1.54) is 25.7 Å². The zero-order valence-corrected chi connectivity index (χ0v) is 11.3. The number of nitro groups is 1. The second kappa shape index (κ2) is 4.83. The number of aryl methyl sites for hydroxylation is 1. The summed E-state index contributed by atoms with van der Waals surface area (Å²) in [7, 11) is 0. The van der Waals surface area contributed by atoms with Gasteiger partial charge < -0.3 is 5.32 Å². The maximum atomic E-state index is 10.8. The minimum atomic E-state index is -0.323. The van der Waals surface area contributed by atoms with Crippen LogP contribution in [0.15, 0.2) is 18.2 Å². The van der Waals surface area contributed by atoms with Crippen LogP contribution in [0.2, 0.25) is 0 Å². The Labute approximate surface area is 113 Å². The maximum absolute atomic E-state index is 10.8. The van der Waals surface area contributed by atoms with Crippen LogP contribution in [0, 0.1) is 34.8 Å². The van der Waals surface area contributed by atoms with Crippen molar-refractivity contribution < 1.29 is 4.92 Å². The number of hydrogen-bond acceptors (Lipinski definition) is 3. The highest BCUT2D eigenvalue weighted by Gasteiger charge is 2.40. The first kappa shape index (κ1) is 12.5. The van der Waals surface area contributed by atoms with Crippen molar-refractivity contribution in [2.24, 2.45) is 17.8 Å². The minimum Gasteiger partial charge on any atom is -0.385 e. The monoisotopic (exact) mass is 260 g/mol. The first-order valence-corrected chi connectivity index (χ1v) is 7.14. The van der Waals surface area contributed by atoms with Gasteiger partial charge in [0, 0.05) is 23.9 Å². The van der Waals surface area contributed by atoms with Gasteiger partial charge in [0.25, 0.3) is 5.69 Å². The second-order valence-electron chi connectivity index (χ2n) is 5.98. The molecule has 0 unspecified atom stereocenters. The molecule has 2 fully saturated rings. The number of nitro benzene ring substituents is 1. The Kier molecular flexibility index (Phi) is 3.17. The first-order chi connectivity index (χ1) is 9.15. The average molecular weight is 260 g/mol. The highest BCUT2D eigenvalue weighted by molar-refractivity contribution is 5.53. The molecule has 0 bridgehead atoms. The highest BCUT2D eigenvalue weighted by atomic mass is 16.6. The van der Waals surface area contributed by atoms with Crippen LogP contribution in [0.4, 0.5) is 11.4 Å². The Morgan fingerprint density at radius 1 is 1.32 bits per heavy atom. The van der Waals surface area contributed by atoms with Gasteiger partial charge in [-0.3, -0.25) is 10.1 Å². The fourth-order valence-electron chi connectivity index (χ4n) is 2.97. The number of nitrogens with zero attached hydrogens (tertiary/aromatic N) is 1. The molecule has 1 aromatic rings. The molecule has 2 aliphatic rings. The van der Waals surface area contributed by atoms with Crippen LogP contribution in [-0.2, 0) is 0 Å². The number of benzene rings is 1. The number of rotatable bonds is 6. The molecule has 1 N–H and O–H groups in total. The summed E-state index contributed by atoms with van der Waals surface area (Å²) in [6.07, 6.45) is 5.56. The van der Waals surface area contributed by atoms with Crippen molar-refractivity contribution in [3.8, 4) is 0 Å². The van der Waals surface area contributed by atoms with Gasteiger partial charge in [-0.05, 0) is 62.5 Å². The van der Waals surface area contributed by atoms with Gasteiger partial charge in [0.2, 0.25) is 0 Å². The molecule has 0 aromatic heterocycles. The van der Waals surface area contributed by atoms with Crippen LogP contribution in [-0.4, -0.2) is 11.5 Å². The van der Waals surface area contributed by atoms with E-state index in [-0.39, 0.29) is 10.6 Å². The molecule has 0 amide bonds. The van der Waals surface area contributed by atoms with E-state index in [2.05, 4.69) is 5.32 Å². The van der Waals surface area contributed by atoms with Crippen LogP contribution < -0.4 is 5.32 Å². The van der Waals surface area contributed by atoms with E-state index in [9.17, 15) is 10.1 Å². The van der Waals surface area contributed by atoms with E-state index in [0.717, 1.165) is 35.5 Å². The van der Waals surface area contributed by atoms with Crippen LogP contribution in [0.3, 0.4) is 0 Å². The van der Waals surface area contributed by atoms with Gasteiger partial charge in [-0.2, -0.15) is 0 Å². The maximum Gasteiger partial charge on any atom is 0.272 e. The molecule has 0 heterocycles. The molecular formula is C15H20N2O2. The van der Waals surface area contributed by atoms with Crippen molar-refractivity contribution in [1.82, 2.24) is 0 Å². The lowest BCUT2D eigenvalue weighted by atomic mass is 9.98. The smallest absolute Gasteiger partial charge is 0.272 e. The Bertz CT molecular complexity index is 481. The Morgan fingerprint density at radius 2 is 1.95 bits per heavy atom. The van der Waals surface area contributed by atoms with Crippen molar-refractivity contribution in [3.05, 3.63) is 33.9 Å². The summed E-state index contributed by atoms with van der Waals surface area (Å²) in [4.78, 5) is 10.5. The average Bonchev–Trinajstić information content (AvgIpc) is 3.23. The Hall–Kier alpha value is -1.58. The van der Waals surface area contributed by atoms with E-state index in [4.69, 9.17) is 0 Å². The third kappa shape index (κ3) is 2.88. The van der Waals surface area contributed by atoms with Crippen LogP contribution in [0.25, 0.3) is 0 Å². The van der Waals surface area contributed by atoms with Gasteiger partial charge in [-0.15, -0.1) is 0 Å². The predicted octanol–water partition coefficient (Wildman–Crippen LogP) is 3.75. The van der Waals surface area contributed by atoms with Gasteiger partial charge in [0.15, 0.2) is 0 Å². The molecule has 4 nitrogen and oxygen atoms in total. The zero-order valence-electron chi connectivity index (χ0n) is 11.3. The molecule has 19 heavy (non-hydrogen) atoms. The van der Waals surface area contributed by atoms with Crippen molar-refractivity contribution >= 4 is 11.4 Å². The van der Waals surface area contributed by atoms with Crippen LogP contribution in [0.1, 0.15) is 31.2 Å². The molecule has 0 aliphatic heterocycles. The summed E-state index contributed by atoms with van der Waals surface area (Å²) in [6.45, 7) is 2.81. The fourth-order valence-corrected chi connectivity index (χ4v) is 2.97. The number of anilines is 1. The third-order valence-electron chi connectivity index (χ3n) is 4.39. The molecule has 0 atom stereocenters. The topological polar surface area (TPSA) is 55.2 Å². The lowest BCUT2D eigenvalue weighted by molar-refractivity contribution is -0.385. The molecule has 0 saturated heterocycles. The summed E-state index contributed by atoms with van der Waals surface area (Å²) in [5.41, 5.74) is 1.94. The van der Waals surface area contributed by atoms with E-state index in [0.29, 0.717) is 0 Å². The molecule has 0 spiro atoms. The van der Waals surface area contributed by atoms with Gasteiger partial charge in [0.05, 0.1) is 4.92 Å².